The standard InChI is InChI=1S/C23H38/c1-5-12-23(19-21(4)18-17-20(3)6-2)16-11-10-15-22-13-8-7-9-14-22/h8-9,13-14,17-18,20,22-23H,4-7,10-12,15-16,19H2,1-3H3. The van der Waals surface area contributed by atoms with Gasteiger partial charge in [0.1, 0.15) is 0 Å². The summed E-state index contributed by atoms with van der Waals surface area (Å²) in [6.07, 6.45) is 25.5. The molecule has 0 aliphatic heterocycles. The summed E-state index contributed by atoms with van der Waals surface area (Å²) in [6.45, 7) is 11.1. The molecule has 2 unspecified atom stereocenters. The van der Waals surface area contributed by atoms with E-state index in [0.717, 1.165) is 12.3 Å². The molecule has 1 aliphatic carbocycles. The van der Waals surface area contributed by atoms with Crippen LogP contribution in [0.25, 0.3) is 0 Å². The minimum absolute atomic E-state index is 0.674. The molecular weight excluding hydrogens is 276 g/mol. The van der Waals surface area contributed by atoms with Gasteiger partial charge >= 0.3 is 0 Å². The second kappa shape index (κ2) is 12.4. The summed E-state index contributed by atoms with van der Waals surface area (Å²) in [4.78, 5) is 0. The molecule has 0 N–H and O–H groups in total. The van der Waals surface area contributed by atoms with Crippen molar-refractivity contribution in [2.75, 3.05) is 0 Å². The number of unbranched alkanes of at least 4 members (excludes halogenated alkanes) is 1. The quantitative estimate of drug-likeness (QED) is 0.197. The van der Waals surface area contributed by atoms with Gasteiger partial charge in [0.05, 0.1) is 0 Å². The first-order valence-corrected chi connectivity index (χ1v) is 9.85. The lowest BCUT2D eigenvalue weighted by atomic mass is 9.88. The Morgan fingerprint density at radius 2 is 1.91 bits per heavy atom. The zero-order valence-corrected chi connectivity index (χ0v) is 15.8. The molecule has 0 radical (unpaired) electrons. The molecule has 0 aromatic heterocycles. The van der Waals surface area contributed by atoms with Crippen LogP contribution in [0.3, 0.4) is 0 Å². The van der Waals surface area contributed by atoms with Crippen LogP contribution in [0.5, 0.6) is 0 Å². The largest absolute Gasteiger partial charge is 0.0958 e. The van der Waals surface area contributed by atoms with E-state index >= 15 is 0 Å². The number of allylic oxidation sites excluding steroid dienone is 7. The van der Waals surface area contributed by atoms with Gasteiger partial charge in [-0.05, 0) is 37.0 Å². The Hall–Kier alpha value is -1.04. The number of hydrogen-bond donors (Lipinski definition) is 0. The molecule has 0 spiro atoms. The predicted molar refractivity (Wildman–Crippen MR) is 106 cm³/mol. The fourth-order valence-electron chi connectivity index (χ4n) is 3.29. The molecule has 0 amide bonds. The molecule has 0 heteroatoms. The molecule has 23 heavy (non-hydrogen) atoms. The summed E-state index contributed by atoms with van der Waals surface area (Å²) in [6, 6.07) is 0. The first-order chi connectivity index (χ1) is 11.2. The lowest BCUT2D eigenvalue weighted by molar-refractivity contribution is 0.417. The van der Waals surface area contributed by atoms with Gasteiger partial charge in [0, 0.05) is 0 Å². The first kappa shape index (κ1) is 20.0. The van der Waals surface area contributed by atoms with Gasteiger partial charge < -0.3 is 0 Å². The normalized spacial score (nSPS) is 17.7. The van der Waals surface area contributed by atoms with Crippen molar-refractivity contribution >= 4 is 0 Å². The summed E-state index contributed by atoms with van der Waals surface area (Å²) in [5.41, 5.74) is 1.32. The fourth-order valence-corrected chi connectivity index (χ4v) is 3.29. The van der Waals surface area contributed by atoms with E-state index in [1.54, 1.807) is 0 Å². The molecule has 0 saturated heterocycles. The van der Waals surface area contributed by atoms with Crippen LogP contribution in [0.2, 0.25) is 0 Å². The molecule has 2 atom stereocenters. The van der Waals surface area contributed by atoms with Gasteiger partial charge in [0.15, 0.2) is 0 Å². The van der Waals surface area contributed by atoms with Gasteiger partial charge in [0.25, 0.3) is 0 Å². The monoisotopic (exact) mass is 314 g/mol. The van der Waals surface area contributed by atoms with Crippen LogP contribution >= 0.6 is 0 Å². The molecule has 0 fully saturated rings. The summed E-state index contributed by atoms with van der Waals surface area (Å²) in [5.74, 6) is 2.20. The highest BCUT2D eigenvalue weighted by molar-refractivity contribution is 5.15. The lowest BCUT2D eigenvalue weighted by Gasteiger charge is -2.17. The molecular formula is C23H38. The molecule has 0 heterocycles. The maximum Gasteiger partial charge on any atom is -0.00533 e. The topological polar surface area (TPSA) is 0 Å². The van der Waals surface area contributed by atoms with Crippen LogP contribution in [-0.4, -0.2) is 0 Å². The smallest absolute Gasteiger partial charge is 0.00533 e. The fraction of sp³-hybridized carbons (Fsp3) is 0.652. The van der Waals surface area contributed by atoms with Gasteiger partial charge in [-0.25, -0.2) is 0 Å². The average Bonchev–Trinajstić information content (AvgIpc) is 2.57. The number of hydrogen-bond acceptors (Lipinski definition) is 0. The van der Waals surface area contributed by atoms with Gasteiger partial charge in [0.2, 0.25) is 0 Å². The highest BCUT2D eigenvalue weighted by Crippen LogP contribution is 2.25. The minimum atomic E-state index is 0.674. The van der Waals surface area contributed by atoms with Crippen molar-refractivity contribution in [1.82, 2.24) is 0 Å². The Labute approximate surface area is 145 Å². The molecule has 0 nitrogen and oxygen atoms in total. The molecule has 1 rings (SSSR count). The molecule has 1 aliphatic rings. The Morgan fingerprint density at radius 3 is 2.57 bits per heavy atom. The average molecular weight is 315 g/mol. The minimum Gasteiger partial charge on any atom is -0.0958 e. The van der Waals surface area contributed by atoms with E-state index in [2.05, 4.69) is 63.8 Å². The van der Waals surface area contributed by atoms with E-state index in [0.29, 0.717) is 11.8 Å². The predicted octanol–water partition coefficient (Wildman–Crippen LogP) is 7.64. The van der Waals surface area contributed by atoms with Crippen LogP contribution in [0.1, 0.15) is 78.6 Å². The summed E-state index contributed by atoms with van der Waals surface area (Å²) in [5, 5.41) is 0. The Bertz CT molecular complexity index is 384. The lowest BCUT2D eigenvalue weighted by Crippen LogP contribution is -2.02. The van der Waals surface area contributed by atoms with E-state index in [1.165, 1.54) is 56.9 Å². The highest BCUT2D eigenvalue weighted by Gasteiger charge is 2.10. The van der Waals surface area contributed by atoms with Gasteiger partial charge in [-0.3, -0.25) is 0 Å². The van der Waals surface area contributed by atoms with Crippen LogP contribution in [-0.2, 0) is 0 Å². The second-order valence-corrected chi connectivity index (χ2v) is 7.30. The zero-order chi connectivity index (χ0) is 16.9. The second-order valence-electron chi connectivity index (χ2n) is 7.30. The first-order valence-electron chi connectivity index (χ1n) is 9.85. The number of rotatable bonds is 12. The Morgan fingerprint density at radius 1 is 1.17 bits per heavy atom. The van der Waals surface area contributed by atoms with Crippen molar-refractivity contribution in [3.05, 3.63) is 48.6 Å². The Balaban J connectivity index is 2.26. The molecule has 0 aromatic rings. The molecule has 130 valence electrons. The van der Waals surface area contributed by atoms with E-state index in [1.807, 2.05) is 0 Å². The van der Waals surface area contributed by atoms with Gasteiger partial charge in [-0.1, -0.05) is 108 Å². The van der Waals surface area contributed by atoms with E-state index in [4.69, 9.17) is 0 Å². The van der Waals surface area contributed by atoms with Gasteiger partial charge in [-0.2, -0.15) is 0 Å². The van der Waals surface area contributed by atoms with Crippen molar-refractivity contribution in [1.29, 1.82) is 0 Å². The van der Waals surface area contributed by atoms with Crippen molar-refractivity contribution in [3.8, 4) is 0 Å². The van der Waals surface area contributed by atoms with E-state index in [-0.39, 0.29) is 0 Å². The van der Waals surface area contributed by atoms with Gasteiger partial charge in [-0.15, -0.1) is 0 Å². The maximum atomic E-state index is 4.28. The van der Waals surface area contributed by atoms with Crippen molar-refractivity contribution < 1.29 is 0 Å². The van der Waals surface area contributed by atoms with Crippen LogP contribution in [0, 0.1) is 17.8 Å². The molecule has 0 saturated carbocycles. The van der Waals surface area contributed by atoms with Crippen molar-refractivity contribution in [2.45, 2.75) is 78.6 Å². The Kier molecular flexibility index (Phi) is 10.8. The third kappa shape index (κ3) is 9.64. The molecule has 0 bridgehead atoms. The summed E-state index contributed by atoms with van der Waals surface area (Å²) >= 11 is 0. The van der Waals surface area contributed by atoms with Crippen LogP contribution < -0.4 is 0 Å². The summed E-state index contributed by atoms with van der Waals surface area (Å²) in [7, 11) is 0. The molecule has 0 aromatic carbocycles. The van der Waals surface area contributed by atoms with Crippen LogP contribution in [0.4, 0.5) is 0 Å². The highest BCUT2D eigenvalue weighted by atomic mass is 14.2. The third-order valence-corrected chi connectivity index (χ3v) is 4.99. The zero-order valence-electron chi connectivity index (χ0n) is 15.8. The maximum absolute atomic E-state index is 4.28. The van der Waals surface area contributed by atoms with E-state index in [9.17, 15) is 0 Å². The van der Waals surface area contributed by atoms with Crippen molar-refractivity contribution in [2.24, 2.45) is 17.8 Å². The SMILES string of the molecule is C=C(C=CC(C)CC)CC(CCC)CCCCC1C=CCC=C1. The third-order valence-electron chi connectivity index (χ3n) is 4.99. The summed E-state index contributed by atoms with van der Waals surface area (Å²) < 4.78 is 0. The van der Waals surface area contributed by atoms with E-state index < -0.39 is 0 Å². The van der Waals surface area contributed by atoms with Crippen molar-refractivity contribution in [3.63, 3.8) is 0 Å². The van der Waals surface area contributed by atoms with Crippen LogP contribution in [0.15, 0.2) is 48.6 Å².